The van der Waals surface area contributed by atoms with Gasteiger partial charge in [0.05, 0.1) is 6.61 Å². The lowest BCUT2D eigenvalue weighted by Gasteiger charge is -2.31. The first-order valence-electron chi connectivity index (χ1n) is 10.1. The van der Waals surface area contributed by atoms with E-state index in [0.29, 0.717) is 6.54 Å². The molecule has 0 spiro atoms. The van der Waals surface area contributed by atoms with Crippen LogP contribution in [0, 0.1) is 11.7 Å². The number of ether oxygens (including phenoxy) is 1. The molecule has 1 N–H and O–H groups in total. The third-order valence-electron chi connectivity index (χ3n) is 5.41. The van der Waals surface area contributed by atoms with E-state index < -0.39 is 18.1 Å². The van der Waals surface area contributed by atoms with Crippen molar-refractivity contribution in [2.24, 2.45) is 5.92 Å². The Morgan fingerprint density at radius 3 is 2.48 bits per heavy atom. The third-order valence-corrected chi connectivity index (χ3v) is 5.41. The molecule has 0 radical (unpaired) electrons. The van der Waals surface area contributed by atoms with Crippen molar-refractivity contribution < 1.29 is 23.0 Å². The lowest BCUT2D eigenvalue weighted by atomic mass is 9.97. The molecular formula is C22H23F3N4O2. The number of likely N-dealkylation sites (tertiary alicyclic amines) is 1. The highest BCUT2D eigenvalue weighted by molar-refractivity contribution is 5.34. The van der Waals surface area contributed by atoms with E-state index in [1.54, 1.807) is 18.2 Å². The fourth-order valence-corrected chi connectivity index (χ4v) is 3.67. The summed E-state index contributed by atoms with van der Waals surface area (Å²) in [4.78, 5) is 6.02. The van der Waals surface area contributed by atoms with Crippen molar-refractivity contribution in [2.45, 2.75) is 25.8 Å². The summed E-state index contributed by atoms with van der Waals surface area (Å²) < 4.78 is 47.1. The molecule has 4 rings (SSSR count). The smallest absolute Gasteiger partial charge is 0.320 e. The number of rotatable bonds is 7. The molecule has 3 aromatic rings. The van der Waals surface area contributed by atoms with Crippen LogP contribution < -0.4 is 4.74 Å². The van der Waals surface area contributed by atoms with Gasteiger partial charge in [-0.15, -0.1) is 5.10 Å². The van der Waals surface area contributed by atoms with Gasteiger partial charge in [-0.1, -0.05) is 30.3 Å². The summed E-state index contributed by atoms with van der Waals surface area (Å²) in [6, 6.07) is 12.9. The molecule has 31 heavy (non-hydrogen) atoms. The summed E-state index contributed by atoms with van der Waals surface area (Å²) in [5.41, 5.74) is 0.893. The van der Waals surface area contributed by atoms with E-state index in [4.69, 9.17) is 4.74 Å². The monoisotopic (exact) mass is 432 g/mol. The Kier molecular flexibility index (Phi) is 6.41. The first-order chi connectivity index (χ1) is 15.0. The quantitative estimate of drug-likeness (QED) is 0.602. The van der Waals surface area contributed by atoms with Gasteiger partial charge in [0.15, 0.2) is 0 Å². The average molecular weight is 432 g/mol. The number of benzene rings is 2. The Morgan fingerprint density at radius 2 is 1.77 bits per heavy atom. The van der Waals surface area contributed by atoms with E-state index in [-0.39, 0.29) is 30.0 Å². The minimum atomic E-state index is -2.88. The molecular weight excluding hydrogens is 409 g/mol. The fourth-order valence-electron chi connectivity index (χ4n) is 3.67. The van der Waals surface area contributed by atoms with Crippen molar-refractivity contribution >= 4 is 0 Å². The zero-order valence-electron chi connectivity index (χ0n) is 16.8. The zero-order chi connectivity index (χ0) is 21.8. The van der Waals surface area contributed by atoms with Gasteiger partial charge in [0.2, 0.25) is 5.82 Å². The Hall–Kier alpha value is -3.07. The van der Waals surface area contributed by atoms with Crippen LogP contribution in [0.1, 0.15) is 30.7 Å². The maximum atomic E-state index is 14.2. The molecule has 1 saturated heterocycles. The summed E-state index contributed by atoms with van der Waals surface area (Å²) in [7, 11) is 0. The highest BCUT2D eigenvalue weighted by atomic mass is 19.3. The molecule has 0 bridgehead atoms. The van der Waals surface area contributed by atoms with Crippen LogP contribution in [-0.4, -0.2) is 44.5 Å². The van der Waals surface area contributed by atoms with Gasteiger partial charge >= 0.3 is 6.01 Å². The molecule has 2 heterocycles. The van der Waals surface area contributed by atoms with E-state index in [0.717, 1.165) is 36.2 Å². The topological polar surface area (TPSA) is 63.4 Å². The van der Waals surface area contributed by atoms with Gasteiger partial charge < -0.3 is 9.84 Å². The van der Waals surface area contributed by atoms with Crippen LogP contribution in [0.15, 0.2) is 48.5 Å². The Bertz CT molecular complexity index is 1020. The highest BCUT2D eigenvalue weighted by Crippen LogP contribution is 2.26. The number of para-hydroxylation sites is 2. The van der Waals surface area contributed by atoms with Gasteiger partial charge in [0.25, 0.3) is 6.43 Å². The first kappa shape index (κ1) is 21.2. The lowest BCUT2D eigenvalue weighted by Crippen LogP contribution is -2.35. The maximum Gasteiger partial charge on any atom is 0.320 e. The van der Waals surface area contributed by atoms with Crippen LogP contribution >= 0.6 is 0 Å². The maximum absolute atomic E-state index is 14.2. The minimum absolute atomic E-state index is 0.00869. The first-order valence-corrected chi connectivity index (χ1v) is 10.1. The van der Waals surface area contributed by atoms with Gasteiger partial charge in [-0.25, -0.2) is 13.2 Å². The number of alkyl halides is 2. The number of piperidine rings is 1. The molecule has 6 nitrogen and oxygen atoms in total. The van der Waals surface area contributed by atoms with Gasteiger partial charge in [-0.05, 0) is 50.0 Å². The molecule has 2 aromatic carbocycles. The van der Waals surface area contributed by atoms with Crippen molar-refractivity contribution in [3.63, 3.8) is 0 Å². The van der Waals surface area contributed by atoms with E-state index in [1.807, 2.05) is 12.1 Å². The molecule has 0 unspecified atom stereocenters. The lowest BCUT2D eigenvalue weighted by molar-refractivity contribution is 0.128. The van der Waals surface area contributed by atoms with E-state index in [9.17, 15) is 18.3 Å². The van der Waals surface area contributed by atoms with E-state index in [1.165, 1.54) is 18.2 Å². The van der Waals surface area contributed by atoms with Gasteiger partial charge in [-0.3, -0.25) is 4.90 Å². The fraction of sp³-hybridized carbons (Fsp3) is 0.364. The summed E-state index contributed by atoms with van der Waals surface area (Å²) in [6.45, 7) is 2.59. The molecule has 0 aliphatic carbocycles. The number of nitrogens with zero attached hydrogens (tertiary/aromatic N) is 4. The van der Waals surface area contributed by atoms with Crippen LogP contribution in [0.4, 0.5) is 13.2 Å². The van der Waals surface area contributed by atoms with Gasteiger partial charge in [0, 0.05) is 12.1 Å². The van der Waals surface area contributed by atoms with Crippen LogP contribution in [0.25, 0.3) is 5.69 Å². The molecule has 0 atom stereocenters. The highest BCUT2D eigenvalue weighted by Gasteiger charge is 2.24. The number of phenolic OH excluding ortho intramolecular Hbond substituents is 1. The number of hydrogen-bond acceptors (Lipinski definition) is 5. The second kappa shape index (κ2) is 9.38. The van der Waals surface area contributed by atoms with Crippen molar-refractivity contribution in [3.8, 4) is 17.4 Å². The second-order valence-corrected chi connectivity index (χ2v) is 7.58. The predicted octanol–water partition coefficient (Wildman–Crippen LogP) is 4.34. The van der Waals surface area contributed by atoms with Crippen molar-refractivity contribution in [1.29, 1.82) is 0 Å². The van der Waals surface area contributed by atoms with E-state index in [2.05, 4.69) is 15.0 Å². The van der Waals surface area contributed by atoms with Gasteiger partial charge in [-0.2, -0.15) is 9.67 Å². The molecule has 1 aliphatic rings. The normalized spacial score (nSPS) is 15.5. The molecule has 1 aliphatic heterocycles. The zero-order valence-corrected chi connectivity index (χ0v) is 16.8. The molecule has 1 fully saturated rings. The summed E-state index contributed by atoms with van der Waals surface area (Å²) in [6.07, 6.45) is -1.18. The third kappa shape index (κ3) is 4.99. The molecule has 1 aromatic heterocycles. The molecule has 9 heteroatoms. The van der Waals surface area contributed by atoms with Crippen molar-refractivity contribution in [2.75, 3.05) is 19.7 Å². The summed E-state index contributed by atoms with van der Waals surface area (Å²) in [5.74, 6) is -0.803. The van der Waals surface area contributed by atoms with E-state index >= 15 is 0 Å². The molecule has 0 amide bonds. The Balaban J connectivity index is 1.38. The molecule has 164 valence electrons. The minimum Gasteiger partial charge on any atom is -0.508 e. The van der Waals surface area contributed by atoms with Crippen molar-refractivity contribution in [3.05, 3.63) is 65.7 Å². The average Bonchev–Trinajstić information content (AvgIpc) is 3.20. The van der Waals surface area contributed by atoms with Crippen molar-refractivity contribution in [1.82, 2.24) is 19.7 Å². The number of halogens is 3. The predicted molar refractivity (Wildman–Crippen MR) is 108 cm³/mol. The Morgan fingerprint density at radius 1 is 1.06 bits per heavy atom. The van der Waals surface area contributed by atoms with Crippen LogP contribution in [0.3, 0.4) is 0 Å². The number of hydrogen-bond donors (Lipinski definition) is 1. The second-order valence-electron chi connectivity index (χ2n) is 7.58. The standard InChI is InChI=1S/C22H23F3N4O2/c23-17-6-2-3-7-18(17)29-22(26-21(27-29)20(24)25)31-14-15-9-11-28(12-10-15)13-16-5-1-4-8-19(16)30/h1-8,15,20,30H,9-14H2. The number of aromatic nitrogens is 3. The number of phenols is 1. The van der Waals surface area contributed by atoms with Crippen LogP contribution in [0.5, 0.6) is 11.8 Å². The summed E-state index contributed by atoms with van der Waals surface area (Å²) in [5, 5.41) is 13.7. The number of aromatic hydroxyl groups is 1. The molecule has 0 saturated carbocycles. The van der Waals surface area contributed by atoms with Crippen LogP contribution in [0.2, 0.25) is 0 Å². The largest absolute Gasteiger partial charge is 0.508 e. The SMILES string of the molecule is Oc1ccccc1CN1CCC(COc2nc(C(F)F)nn2-c2ccccc2F)CC1. The summed E-state index contributed by atoms with van der Waals surface area (Å²) >= 11 is 0. The van der Waals surface area contributed by atoms with Crippen LogP contribution in [-0.2, 0) is 6.54 Å². The Labute approximate surface area is 177 Å². The van der Waals surface area contributed by atoms with Gasteiger partial charge in [0.1, 0.15) is 17.3 Å².